The molecule has 1 heterocycles. The third-order valence-electron chi connectivity index (χ3n) is 3.14. The summed E-state index contributed by atoms with van der Waals surface area (Å²) in [6.07, 6.45) is 5.36. The molecule has 1 saturated carbocycles. The molecule has 18 heavy (non-hydrogen) atoms. The molecular formula is C12H22N4O2. The van der Waals surface area contributed by atoms with Gasteiger partial charge in [-0.3, -0.25) is 9.58 Å². The molecule has 0 amide bonds. The molecular weight excluding hydrogens is 232 g/mol. The molecule has 1 aliphatic rings. The first kappa shape index (κ1) is 13.3. The van der Waals surface area contributed by atoms with Crippen LogP contribution in [0.15, 0.2) is 12.4 Å². The van der Waals surface area contributed by atoms with Gasteiger partial charge in [0.25, 0.3) is 0 Å². The van der Waals surface area contributed by atoms with Crippen LogP contribution in [0.4, 0.5) is 5.69 Å². The fourth-order valence-electron chi connectivity index (χ4n) is 2.09. The number of nitrogens with two attached hydrogens (primary N) is 1. The Hall–Kier alpha value is -1.11. The summed E-state index contributed by atoms with van der Waals surface area (Å²) in [7, 11) is 1.70. The summed E-state index contributed by atoms with van der Waals surface area (Å²) in [5, 5.41) is 14.1. The molecule has 102 valence electrons. The molecule has 0 bridgehead atoms. The van der Waals surface area contributed by atoms with Crippen molar-refractivity contribution >= 4 is 5.69 Å². The molecule has 1 fully saturated rings. The van der Waals surface area contributed by atoms with E-state index in [-0.39, 0.29) is 0 Å². The quantitative estimate of drug-likeness (QED) is 0.679. The van der Waals surface area contributed by atoms with Crippen molar-refractivity contribution in [2.24, 2.45) is 0 Å². The summed E-state index contributed by atoms with van der Waals surface area (Å²) in [6.45, 7) is 2.72. The number of aliphatic hydroxyl groups excluding tert-OH is 1. The summed E-state index contributed by atoms with van der Waals surface area (Å²) in [6, 6.07) is 0.623. The zero-order chi connectivity index (χ0) is 13.0. The van der Waals surface area contributed by atoms with Crippen molar-refractivity contribution in [1.29, 1.82) is 0 Å². The molecule has 1 unspecified atom stereocenters. The van der Waals surface area contributed by atoms with E-state index >= 15 is 0 Å². The van der Waals surface area contributed by atoms with Gasteiger partial charge in [0.1, 0.15) is 0 Å². The zero-order valence-corrected chi connectivity index (χ0v) is 10.8. The zero-order valence-electron chi connectivity index (χ0n) is 10.8. The molecule has 1 aromatic heterocycles. The van der Waals surface area contributed by atoms with E-state index in [9.17, 15) is 5.11 Å². The van der Waals surface area contributed by atoms with Crippen molar-refractivity contribution in [1.82, 2.24) is 14.7 Å². The molecule has 0 aromatic carbocycles. The molecule has 1 atom stereocenters. The number of nitrogen functional groups attached to an aromatic ring is 1. The second kappa shape index (κ2) is 6.17. The summed E-state index contributed by atoms with van der Waals surface area (Å²) >= 11 is 0. The minimum absolute atomic E-state index is 0.429. The molecule has 1 aromatic rings. The Labute approximate surface area is 107 Å². The van der Waals surface area contributed by atoms with Crippen molar-refractivity contribution in [3.05, 3.63) is 12.4 Å². The maximum absolute atomic E-state index is 10.1. The largest absolute Gasteiger partial charge is 0.396 e. The van der Waals surface area contributed by atoms with Gasteiger partial charge in [-0.15, -0.1) is 0 Å². The summed E-state index contributed by atoms with van der Waals surface area (Å²) in [5.74, 6) is 0. The van der Waals surface area contributed by atoms with Crippen molar-refractivity contribution in [2.75, 3.05) is 32.5 Å². The van der Waals surface area contributed by atoms with Gasteiger partial charge >= 0.3 is 0 Å². The fourth-order valence-corrected chi connectivity index (χ4v) is 2.09. The highest BCUT2D eigenvalue weighted by atomic mass is 16.5. The van der Waals surface area contributed by atoms with Crippen molar-refractivity contribution < 1.29 is 9.84 Å². The Balaban J connectivity index is 1.78. The highest BCUT2D eigenvalue weighted by Crippen LogP contribution is 2.26. The van der Waals surface area contributed by atoms with Gasteiger partial charge in [0.05, 0.1) is 31.1 Å². The van der Waals surface area contributed by atoms with Crippen LogP contribution in [0.2, 0.25) is 0 Å². The lowest BCUT2D eigenvalue weighted by molar-refractivity contribution is 0.0731. The average Bonchev–Trinajstić information content (AvgIpc) is 3.09. The van der Waals surface area contributed by atoms with Crippen LogP contribution in [0.1, 0.15) is 12.8 Å². The van der Waals surface area contributed by atoms with Crippen molar-refractivity contribution in [3.63, 3.8) is 0 Å². The lowest BCUT2D eigenvalue weighted by Crippen LogP contribution is -2.38. The summed E-state index contributed by atoms with van der Waals surface area (Å²) < 4.78 is 6.78. The van der Waals surface area contributed by atoms with Crippen LogP contribution >= 0.6 is 0 Å². The summed E-state index contributed by atoms with van der Waals surface area (Å²) in [5.41, 5.74) is 6.21. The molecule has 0 radical (unpaired) electrons. The molecule has 2 rings (SSSR count). The number of hydrogen-bond acceptors (Lipinski definition) is 5. The van der Waals surface area contributed by atoms with Gasteiger partial charge in [-0.25, -0.2) is 0 Å². The Kier molecular flexibility index (Phi) is 4.57. The Bertz CT molecular complexity index is 365. The van der Waals surface area contributed by atoms with Gasteiger partial charge < -0.3 is 15.6 Å². The Morgan fingerprint density at radius 3 is 3.00 bits per heavy atom. The number of hydrogen-bond donors (Lipinski definition) is 2. The second-order valence-corrected chi connectivity index (χ2v) is 4.87. The lowest BCUT2D eigenvalue weighted by atomic mass is 10.3. The van der Waals surface area contributed by atoms with Crippen LogP contribution in [-0.2, 0) is 11.3 Å². The molecule has 0 aliphatic heterocycles. The standard InChI is InChI=1S/C12H22N4O2/c1-18-5-4-15(11-2-3-11)8-12(17)9-16-7-10(13)6-14-16/h6-7,11-12,17H,2-5,8-9,13H2,1H3. The van der Waals surface area contributed by atoms with E-state index in [2.05, 4.69) is 10.00 Å². The van der Waals surface area contributed by atoms with Crippen LogP contribution in [0.5, 0.6) is 0 Å². The van der Waals surface area contributed by atoms with Crippen LogP contribution < -0.4 is 5.73 Å². The van der Waals surface area contributed by atoms with Gasteiger partial charge in [0, 0.05) is 32.4 Å². The van der Waals surface area contributed by atoms with E-state index < -0.39 is 6.10 Å². The number of aliphatic hydroxyl groups is 1. The maximum atomic E-state index is 10.1. The SMILES string of the molecule is COCCN(CC(O)Cn1cc(N)cn1)C1CC1. The highest BCUT2D eigenvalue weighted by molar-refractivity contribution is 5.30. The minimum atomic E-state index is -0.429. The Morgan fingerprint density at radius 1 is 1.67 bits per heavy atom. The smallest absolute Gasteiger partial charge is 0.0862 e. The monoisotopic (exact) mass is 254 g/mol. The van der Waals surface area contributed by atoms with E-state index in [1.807, 2.05) is 0 Å². The maximum Gasteiger partial charge on any atom is 0.0862 e. The van der Waals surface area contributed by atoms with Crippen LogP contribution in [-0.4, -0.2) is 58.7 Å². The first-order valence-corrected chi connectivity index (χ1v) is 6.38. The average molecular weight is 254 g/mol. The number of ether oxygens (including phenoxy) is 1. The van der Waals surface area contributed by atoms with E-state index in [1.165, 1.54) is 12.8 Å². The third-order valence-corrected chi connectivity index (χ3v) is 3.14. The first-order valence-electron chi connectivity index (χ1n) is 6.38. The normalized spacial score (nSPS) is 17.3. The number of aromatic nitrogens is 2. The molecule has 3 N–H and O–H groups in total. The van der Waals surface area contributed by atoms with E-state index in [1.54, 1.807) is 24.2 Å². The minimum Gasteiger partial charge on any atom is -0.396 e. The highest BCUT2D eigenvalue weighted by Gasteiger charge is 2.29. The van der Waals surface area contributed by atoms with Crippen LogP contribution in [0.25, 0.3) is 0 Å². The molecule has 0 spiro atoms. The number of anilines is 1. The van der Waals surface area contributed by atoms with E-state index in [0.717, 1.165) is 6.54 Å². The van der Waals surface area contributed by atoms with Gasteiger partial charge in [-0.1, -0.05) is 0 Å². The number of rotatable bonds is 8. The Morgan fingerprint density at radius 2 is 2.44 bits per heavy atom. The van der Waals surface area contributed by atoms with E-state index in [0.29, 0.717) is 31.4 Å². The second-order valence-electron chi connectivity index (χ2n) is 4.87. The van der Waals surface area contributed by atoms with E-state index in [4.69, 9.17) is 10.5 Å². The molecule has 0 saturated heterocycles. The molecule has 6 nitrogen and oxygen atoms in total. The molecule has 1 aliphatic carbocycles. The molecule has 6 heteroatoms. The van der Waals surface area contributed by atoms with Crippen molar-refractivity contribution in [2.45, 2.75) is 31.5 Å². The van der Waals surface area contributed by atoms with Gasteiger partial charge in [0.15, 0.2) is 0 Å². The number of methoxy groups -OCH3 is 1. The van der Waals surface area contributed by atoms with Crippen LogP contribution in [0.3, 0.4) is 0 Å². The van der Waals surface area contributed by atoms with Gasteiger partial charge in [-0.2, -0.15) is 5.10 Å². The summed E-state index contributed by atoms with van der Waals surface area (Å²) in [4.78, 5) is 2.29. The van der Waals surface area contributed by atoms with Crippen LogP contribution in [0, 0.1) is 0 Å². The lowest BCUT2D eigenvalue weighted by Gasteiger charge is -2.24. The first-order chi connectivity index (χ1) is 8.69. The fraction of sp³-hybridized carbons (Fsp3) is 0.750. The van der Waals surface area contributed by atoms with Crippen molar-refractivity contribution in [3.8, 4) is 0 Å². The van der Waals surface area contributed by atoms with Gasteiger partial charge in [-0.05, 0) is 12.8 Å². The topological polar surface area (TPSA) is 76.5 Å². The number of nitrogens with zero attached hydrogens (tertiary/aromatic N) is 3. The third kappa shape index (κ3) is 3.97. The van der Waals surface area contributed by atoms with Gasteiger partial charge in [0.2, 0.25) is 0 Å². The predicted molar refractivity (Wildman–Crippen MR) is 69.1 cm³/mol. The predicted octanol–water partition coefficient (Wildman–Crippen LogP) is -0.0630.